The maximum absolute atomic E-state index is 12.1. The van der Waals surface area contributed by atoms with Gasteiger partial charge in [0.15, 0.2) is 0 Å². The Balaban J connectivity index is 1.90. The molecule has 0 aromatic carbocycles. The van der Waals surface area contributed by atoms with E-state index in [9.17, 15) is 4.79 Å². The van der Waals surface area contributed by atoms with E-state index in [1.807, 2.05) is 12.3 Å². The number of ether oxygens (including phenoxy) is 1. The summed E-state index contributed by atoms with van der Waals surface area (Å²) in [4.78, 5) is 16.4. The monoisotopic (exact) mass is 269 g/mol. The summed E-state index contributed by atoms with van der Waals surface area (Å²) in [7, 11) is 1.68. The minimum Gasteiger partial charge on any atom is -0.380 e. The molecule has 0 aliphatic carbocycles. The van der Waals surface area contributed by atoms with Crippen molar-refractivity contribution < 1.29 is 9.53 Å². The molecule has 1 fully saturated rings. The highest BCUT2D eigenvalue weighted by molar-refractivity contribution is 7.09. The van der Waals surface area contributed by atoms with Crippen LogP contribution >= 0.6 is 11.3 Å². The van der Waals surface area contributed by atoms with Gasteiger partial charge in [-0.25, -0.2) is 4.98 Å². The van der Waals surface area contributed by atoms with Gasteiger partial charge in [0.2, 0.25) is 5.91 Å². The van der Waals surface area contributed by atoms with Crippen molar-refractivity contribution in [2.75, 3.05) is 13.7 Å². The Morgan fingerprint density at radius 3 is 3.17 bits per heavy atom. The fourth-order valence-electron chi connectivity index (χ4n) is 2.10. The van der Waals surface area contributed by atoms with Gasteiger partial charge in [0.05, 0.1) is 18.2 Å². The Bertz CT molecular complexity index is 383. The quantitative estimate of drug-likeness (QED) is 0.840. The Morgan fingerprint density at radius 1 is 1.78 bits per heavy atom. The lowest BCUT2D eigenvalue weighted by atomic mass is 10.1. The lowest BCUT2D eigenvalue weighted by molar-refractivity contribution is -0.123. The highest BCUT2D eigenvalue weighted by atomic mass is 32.1. The van der Waals surface area contributed by atoms with Gasteiger partial charge in [-0.1, -0.05) is 6.92 Å². The zero-order chi connectivity index (χ0) is 13.0. The van der Waals surface area contributed by atoms with Gasteiger partial charge in [-0.3, -0.25) is 4.79 Å². The van der Waals surface area contributed by atoms with Gasteiger partial charge < -0.3 is 15.4 Å². The molecule has 5 nitrogen and oxygen atoms in total. The number of rotatable bonds is 5. The van der Waals surface area contributed by atoms with Gasteiger partial charge >= 0.3 is 0 Å². The Morgan fingerprint density at radius 2 is 2.61 bits per heavy atom. The highest BCUT2D eigenvalue weighted by Gasteiger charge is 2.30. The maximum Gasteiger partial charge on any atom is 0.237 e. The minimum atomic E-state index is -0.149. The van der Waals surface area contributed by atoms with E-state index in [0.29, 0.717) is 0 Å². The van der Waals surface area contributed by atoms with Crippen LogP contribution in [0.3, 0.4) is 0 Å². The number of methoxy groups -OCH3 is 1. The van der Waals surface area contributed by atoms with Gasteiger partial charge in [-0.05, 0) is 12.8 Å². The normalized spacial score (nSPS) is 25.0. The van der Waals surface area contributed by atoms with E-state index >= 15 is 0 Å². The third-order valence-corrected chi connectivity index (χ3v) is 4.10. The molecule has 3 unspecified atom stereocenters. The summed E-state index contributed by atoms with van der Waals surface area (Å²) in [6.45, 7) is 2.79. The van der Waals surface area contributed by atoms with Crippen molar-refractivity contribution in [1.29, 1.82) is 0 Å². The number of aromatic nitrogens is 1. The number of amides is 1. The van der Waals surface area contributed by atoms with Gasteiger partial charge in [-0.2, -0.15) is 0 Å². The van der Waals surface area contributed by atoms with Crippen molar-refractivity contribution in [3.8, 4) is 0 Å². The summed E-state index contributed by atoms with van der Waals surface area (Å²) >= 11 is 1.57. The van der Waals surface area contributed by atoms with Crippen LogP contribution in [-0.4, -0.2) is 36.7 Å². The van der Waals surface area contributed by atoms with Crippen LogP contribution in [0.25, 0.3) is 0 Å². The van der Waals surface area contributed by atoms with Crippen LogP contribution in [0.4, 0.5) is 0 Å². The molecule has 2 N–H and O–H groups in total. The average Bonchev–Trinajstić information content (AvgIpc) is 3.05. The SMILES string of the molecule is CCC(NC(=O)C1CC(OC)CN1)c1nccs1. The summed E-state index contributed by atoms with van der Waals surface area (Å²) in [5.41, 5.74) is 0. The Kier molecular flexibility index (Phi) is 4.68. The number of nitrogens with zero attached hydrogens (tertiary/aromatic N) is 1. The first-order valence-corrected chi connectivity index (χ1v) is 7.08. The maximum atomic E-state index is 12.1. The summed E-state index contributed by atoms with van der Waals surface area (Å²) in [6, 6.07) is -0.134. The van der Waals surface area contributed by atoms with E-state index in [1.54, 1.807) is 24.6 Å². The minimum absolute atomic E-state index is 0.0147. The van der Waals surface area contributed by atoms with Gasteiger partial charge in [0.25, 0.3) is 0 Å². The van der Waals surface area contributed by atoms with Crippen molar-refractivity contribution in [3.05, 3.63) is 16.6 Å². The molecule has 6 heteroatoms. The molecule has 1 amide bonds. The molecule has 1 aromatic rings. The molecule has 0 radical (unpaired) electrons. The second-order valence-corrected chi connectivity index (χ2v) is 5.32. The standard InChI is InChI=1S/C12H19N3O2S/c1-3-9(12-13-4-5-18-12)15-11(16)10-6-8(17-2)7-14-10/h4-5,8-10,14H,3,6-7H2,1-2H3,(H,15,16). The van der Waals surface area contributed by atoms with E-state index < -0.39 is 0 Å². The topological polar surface area (TPSA) is 63.2 Å². The van der Waals surface area contributed by atoms with Crippen LogP contribution in [0.5, 0.6) is 0 Å². The molecule has 1 aliphatic heterocycles. The van der Waals surface area contributed by atoms with Gasteiger partial charge in [0.1, 0.15) is 5.01 Å². The van der Waals surface area contributed by atoms with Crippen LogP contribution in [0.1, 0.15) is 30.8 Å². The van der Waals surface area contributed by atoms with Crippen LogP contribution < -0.4 is 10.6 Å². The number of hydrogen-bond donors (Lipinski definition) is 2. The average molecular weight is 269 g/mol. The number of nitrogens with one attached hydrogen (secondary N) is 2. The largest absolute Gasteiger partial charge is 0.380 e. The third-order valence-electron chi connectivity index (χ3n) is 3.21. The molecule has 0 saturated carbocycles. The predicted molar refractivity (Wildman–Crippen MR) is 70.5 cm³/mol. The summed E-state index contributed by atoms with van der Waals surface area (Å²) in [5, 5.41) is 9.12. The smallest absolute Gasteiger partial charge is 0.237 e. The van der Waals surface area contributed by atoms with Gasteiger partial charge in [0, 0.05) is 25.2 Å². The molecule has 1 aromatic heterocycles. The van der Waals surface area contributed by atoms with Crippen molar-refractivity contribution in [2.24, 2.45) is 0 Å². The van der Waals surface area contributed by atoms with Crippen LogP contribution in [0, 0.1) is 0 Å². The van der Waals surface area contributed by atoms with Crippen molar-refractivity contribution in [3.63, 3.8) is 0 Å². The molecule has 1 aliphatic rings. The predicted octanol–water partition coefficient (Wildman–Crippen LogP) is 1.09. The van der Waals surface area contributed by atoms with E-state index in [2.05, 4.69) is 15.6 Å². The highest BCUT2D eigenvalue weighted by Crippen LogP contribution is 2.19. The zero-order valence-corrected chi connectivity index (χ0v) is 11.5. The number of hydrogen-bond acceptors (Lipinski definition) is 5. The first-order chi connectivity index (χ1) is 8.74. The summed E-state index contributed by atoms with van der Waals surface area (Å²) in [6.07, 6.45) is 3.49. The fourth-order valence-corrected chi connectivity index (χ4v) is 2.87. The van der Waals surface area contributed by atoms with Crippen LogP contribution in [-0.2, 0) is 9.53 Å². The first kappa shape index (κ1) is 13.5. The molecule has 0 spiro atoms. The molecule has 100 valence electrons. The summed E-state index contributed by atoms with van der Waals surface area (Å²) < 4.78 is 5.24. The molecular formula is C12H19N3O2S. The van der Waals surface area contributed by atoms with E-state index in [4.69, 9.17) is 4.74 Å². The number of carbonyl (C=O) groups excluding carboxylic acids is 1. The third kappa shape index (κ3) is 3.07. The lowest BCUT2D eigenvalue weighted by Gasteiger charge is -2.17. The zero-order valence-electron chi connectivity index (χ0n) is 10.7. The lowest BCUT2D eigenvalue weighted by Crippen LogP contribution is -2.41. The van der Waals surface area contributed by atoms with E-state index in [0.717, 1.165) is 24.4 Å². The molecule has 3 atom stereocenters. The van der Waals surface area contributed by atoms with Gasteiger partial charge in [-0.15, -0.1) is 11.3 Å². The summed E-state index contributed by atoms with van der Waals surface area (Å²) in [5.74, 6) is 0.0385. The Hall–Kier alpha value is -0.980. The molecule has 1 saturated heterocycles. The van der Waals surface area contributed by atoms with Crippen LogP contribution in [0.15, 0.2) is 11.6 Å². The Labute approximate surface area is 111 Å². The van der Waals surface area contributed by atoms with Crippen molar-refractivity contribution in [2.45, 2.75) is 38.0 Å². The number of thiazole rings is 1. The fraction of sp³-hybridized carbons (Fsp3) is 0.667. The second kappa shape index (κ2) is 6.26. The molecule has 0 bridgehead atoms. The van der Waals surface area contributed by atoms with E-state index in [-0.39, 0.29) is 24.1 Å². The van der Waals surface area contributed by atoms with Crippen molar-refractivity contribution >= 4 is 17.2 Å². The van der Waals surface area contributed by atoms with Crippen molar-refractivity contribution in [1.82, 2.24) is 15.6 Å². The molecule has 2 heterocycles. The number of carbonyl (C=O) groups is 1. The van der Waals surface area contributed by atoms with E-state index in [1.165, 1.54) is 0 Å². The molecular weight excluding hydrogens is 250 g/mol. The molecule has 18 heavy (non-hydrogen) atoms. The first-order valence-electron chi connectivity index (χ1n) is 6.20. The van der Waals surface area contributed by atoms with Crippen LogP contribution in [0.2, 0.25) is 0 Å². The molecule has 2 rings (SSSR count). The second-order valence-electron chi connectivity index (χ2n) is 4.39.